The molecule has 0 bridgehead atoms. The van der Waals surface area contributed by atoms with E-state index in [2.05, 4.69) is 46.3 Å². The molecule has 0 amide bonds. The molecule has 1 aromatic heterocycles. The summed E-state index contributed by atoms with van der Waals surface area (Å²) >= 11 is 3.59. The minimum Gasteiger partial charge on any atom is -0.454 e. The molecule has 0 aliphatic heterocycles. The molecule has 2 rings (SSSR count). The SMILES string of the molecule is CCn1cc(Oc2ccc(CNC(C)C)c(Br)c2)cn1. The average Bonchev–Trinajstić information content (AvgIpc) is 2.85. The van der Waals surface area contributed by atoms with Crippen LogP contribution in [0.3, 0.4) is 0 Å². The number of rotatable bonds is 6. The van der Waals surface area contributed by atoms with E-state index in [1.54, 1.807) is 6.20 Å². The van der Waals surface area contributed by atoms with Crippen molar-refractivity contribution in [3.05, 3.63) is 40.6 Å². The van der Waals surface area contributed by atoms with E-state index in [0.29, 0.717) is 6.04 Å². The summed E-state index contributed by atoms with van der Waals surface area (Å²) in [6.45, 7) is 8.00. The van der Waals surface area contributed by atoms with E-state index in [-0.39, 0.29) is 0 Å². The van der Waals surface area contributed by atoms with Crippen molar-refractivity contribution in [1.82, 2.24) is 15.1 Å². The fraction of sp³-hybridized carbons (Fsp3) is 0.400. The molecule has 0 aliphatic carbocycles. The summed E-state index contributed by atoms with van der Waals surface area (Å²) in [7, 11) is 0. The Labute approximate surface area is 128 Å². The van der Waals surface area contributed by atoms with Gasteiger partial charge >= 0.3 is 0 Å². The monoisotopic (exact) mass is 337 g/mol. The molecule has 1 heterocycles. The first-order valence-corrected chi connectivity index (χ1v) is 7.60. The van der Waals surface area contributed by atoms with Crippen LogP contribution in [0.2, 0.25) is 0 Å². The summed E-state index contributed by atoms with van der Waals surface area (Å²) in [5, 5.41) is 7.59. The van der Waals surface area contributed by atoms with E-state index >= 15 is 0 Å². The summed E-state index contributed by atoms with van der Waals surface area (Å²) < 4.78 is 8.67. The lowest BCUT2D eigenvalue weighted by Gasteiger charge is -2.11. The van der Waals surface area contributed by atoms with Gasteiger partial charge in [0.2, 0.25) is 0 Å². The maximum absolute atomic E-state index is 5.79. The molecule has 108 valence electrons. The highest BCUT2D eigenvalue weighted by molar-refractivity contribution is 9.10. The average molecular weight is 338 g/mol. The third-order valence-electron chi connectivity index (χ3n) is 2.89. The van der Waals surface area contributed by atoms with Gasteiger partial charge in [0, 0.05) is 23.6 Å². The number of hydrogen-bond acceptors (Lipinski definition) is 3. The Hall–Kier alpha value is -1.33. The summed E-state index contributed by atoms with van der Waals surface area (Å²) in [5.41, 5.74) is 1.22. The van der Waals surface area contributed by atoms with E-state index in [1.165, 1.54) is 5.56 Å². The first kappa shape index (κ1) is 15.1. The van der Waals surface area contributed by atoms with Crippen LogP contribution in [0.15, 0.2) is 35.1 Å². The number of halogens is 1. The van der Waals surface area contributed by atoms with Gasteiger partial charge in [-0.3, -0.25) is 4.68 Å². The maximum Gasteiger partial charge on any atom is 0.165 e. The molecule has 2 aromatic rings. The number of aromatic nitrogens is 2. The molecule has 0 unspecified atom stereocenters. The summed E-state index contributed by atoms with van der Waals surface area (Å²) in [5.74, 6) is 1.56. The number of benzene rings is 1. The van der Waals surface area contributed by atoms with Crippen LogP contribution in [-0.2, 0) is 13.1 Å². The van der Waals surface area contributed by atoms with Gasteiger partial charge < -0.3 is 10.1 Å². The van der Waals surface area contributed by atoms with Gasteiger partial charge in [-0.05, 0) is 24.6 Å². The molecular formula is C15H20BrN3O. The highest BCUT2D eigenvalue weighted by atomic mass is 79.9. The third-order valence-corrected chi connectivity index (χ3v) is 3.63. The number of ether oxygens (including phenoxy) is 1. The summed E-state index contributed by atoms with van der Waals surface area (Å²) in [6.07, 6.45) is 3.62. The van der Waals surface area contributed by atoms with E-state index in [9.17, 15) is 0 Å². The quantitative estimate of drug-likeness (QED) is 0.867. The molecule has 5 heteroatoms. The molecule has 0 fully saturated rings. The van der Waals surface area contributed by atoms with Crippen LogP contribution in [0.25, 0.3) is 0 Å². The van der Waals surface area contributed by atoms with Gasteiger partial charge in [0.05, 0.1) is 12.4 Å². The second-order valence-corrected chi connectivity index (χ2v) is 5.78. The van der Waals surface area contributed by atoms with Crippen LogP contribution in [0.4, 0.5) is 0 Å². The molecule has 0 saturated carbocycles. The molecule has 4 nitrogen and oxygen atoms in total. The third kappa shape index (κ3) is 4.08. The predicted octanol–water partition coefficient (Wildman–Crippen LogP) is 3.96. The van der Waals surface area contributed by atoms with Crippen molar-refractivity contribution in [3.63, 3.8) is 0 Å². The molecule has 1 N–H and O–H groups in total. The Bertz CT molecular complexity index is 566. The Balaban J connectivity index is 2.04. The fourth-order valence-electron chi connectivity index (χ4n) is 1.76. The lowest BCUT2D eigenvalue weighted by molar-refractivity contribution is 0.480. The Morgan fingerprint density at radius 2 is 2.15 bits per heavy atom. The van der Waals surface area contributed by atoms with Crippen LogP contribution in [0.5, 0.6) is 11.5 Å². The van der Waals surface area contributed by atoms with Gasteiger partial charge in [-0.2, -0.15) is 5.10 Å². The lowest BCUT2D eigenvalue weighted by atomic mass is 10.2. The van der Waals surface area contributed by atoms with Gasteiger partial charge in [0.15, 0.2) is 5.75 Å². The number of hydrogen-bond donors (Lipinski definition) is 1. The zero-order valence-electron chi connectivity index (χ0n) is 12.1. The van der Waals surface area contributed by atoms with Gasteiger partial charge in [0.25, 0.3) is 0 Å². The Kier molecular flexibility index (Phi) is 5.20. The van der Waals surface area contributed by atoms with Gasteiger partial charge in [-0.15, -0.1) is 0 Å². The van der Waals surface area contributed by atoms with Crippen LogP contribution in [0, 0.1) is 0 Å². The van der Waals surface area contributed by atoms with Gasteiger partial charge in [0.1, 0.15) is 5.75 Å². The molecule has 0 saturated heterocycles. The first-order chi connectivity index (χ1) is 9.58. The van der Waals surface area contributed by atoms with E-state index in [1.807, 2.05) is 29.9 Å². The van der Waals surface area contributed by atoms with Crippen LogP contribution >= 0.6 is 15.9 Å². The zero-order chi connectivity index (χ0) is 14.5. The number of aryl methyl sites for hydroxylation is 1. The molecular weight excluding hydrogens is 318 g/mol. The number of nitrogens with one attached hydrogen (secondary N) is 1. The van der Waals surface area contributed by atoms with Crippen molar-refractivity contribution in [2.45, 2.75) is 39.9 Å². The molecule has 0 aliphatic rings. The normalized spacial score (nSPS) is 11.1. The van der Waals surface area contributed by atoms with Crippen LogP contribution in [-0.4, -0.2) is 15.8 Å². The Morgan fingerprint density at radius 1 is 1.35 bits per heavy atom. The topological polar surface area (TPSA) is 39.1 Å². The second-order valence-electron chi connectivity index (χ2n) is 4.92. The van der Waals surface area contributed by atoms with Crippen molar-refractivity contribution in [2.24, 2.45) is 0 Å². The minimum atomic E-state index is 0.470. The van der Waals surface area contributed by atoms with Crippen LogP contribution in [0.1, 0.15) is 26.3 Å². The number of nitrogens with zero attached hydrogens (tertiary/aromatic N) is 2. The predicted molar refractivity (Wildman–Crippen MR) is 84.1 cm³/mol. The zero-order valence-corrected chi connectivity index (χ0v) is 13.6. The standard InChI is InChI=1S/C15H20BrN3O/c1-4-19-10-14(9-18-19)20-13-6-5-12(15(16)7-13)8-17-11(2)3/h5-7,9-11,17H,4,8H2,1-3H3. The van der Waals surface area contributed by atoms with Crippen molar-refractivity contribution in [3.8, 4) is 11.5 Å². The van der Waals surface area contributed by atoms with E-state index in [4.69, 9.17) is 4.74 Å². The minimum absolute atomic E-state index is 0.470. The molecule has 0 spiro atoms. The van der Waals surface area contributed by atoms with Gasteiger partial charge in [-0.25, -0.2) is 0 Å². The highest BCUT2D eigenvalue weighted by Crippen LogP contribution is 2.27. The second kappa shape index (κ2) is 6.90. The van der Waals surface area contributed by atoms with Crippen molar-refractivity contribution < 1.29 is 4.74 Å². The van der Waals surface area contributed by atoms with Crippen molar-refractivity contribution in [2.75, 3.05) is 0 Å². The van der Waals surface area contributed by atoms with Gasteiger partial charge in [-0.1, -0.05) is 35.8 Å². The smallest absolute Gasteiger partial charge is 0.165 e. The first-order valence-electron chi connectivity index (χ1n) is 6.80. The lowest BCUT2D eigenvalue weighted by Crippen LogP contribution is -2.21. The van der Waals surface area contributed by atoms with E-state index < -0.39 is 0 Å². The molecule has 1 aromatic carbocycles. The van der Waals surface area contributed by atoms with E-state index in [0.717, 1.165) is 29.1 Å². The molecule has 20 heavy (non-hydrogen) atoms. The maximum atomic E-state index is 5.79. The summed E-state index contributed by atoms with van der Waals surface area (Å²) in [4.78, 5) is 0. The van der Waals surface area contributed by atoms with Crippen LogP contribution < -0.4 is 10.1 Å². The largest absolute Gasteiger partial charge is 0.454 e. The van der Waals surface area contributed by atoms with Crippen molar-refractivity contribution >= 4 is 15.9 Å². The molecule has 0 radical (unpaired) electrons. The molecule has 0 atom stereocenters. The Morgan fingerprint density at radius 3 is 2.75 bits per heavy atom. The summed E-state index contributed by atoms with van der Waals surface area (Å²) in [6, 6.07) is 6.50. The highest BCUT2D eigenvalue weighted by Gasteiger charge is 2.05. The van der Waals surface area contributed by atoms with Crippen molar-refractivity contribution in [1.29, 1.82) is 0 Å². The fourth-order valence-corrected chi connectivity index (χ4v) is 2.25.